The Morgan fingerprint density at radius 3 is 2.62 bits per heavy atom. The van der Waals surface area contributed by atoms with Crippen LogP contribution in [0.1, 0.15) is 13.3 Å². The Bertz CT molecular complexity index is 259. The predicted octanol–water partition coefficient (Wildman–Crippen LogP) is 0.846. The van der Waals surface area contributed by atoms with Crippen LogP contribution in [0.25, 0.3) is 0 Å². The summed E-state index contributed by atoms with van der Waals surface area (Å²) in [5, 5.41) is 0. The maximum atomic E-state index is 12.3. The van der Waals surface area contributed by atoms with Crippen LogP contribution < -0.4 is 5.73 Å². The fraction of sp³-hybridized carbons (Fsp3) is 0.889. The van der Waals surface area contributed by atoms with Gasteiger partial charge in [-0.3, -0.25) is 0 Å². The van der Waals surface area contributed by atoms with Crippen molar-refractivity contribution in [2.24, 2.45) is 11.7 Å². The number of ether oxygens (including phenoxy) is 2. The lowest BCUT2D eigenvalue weighted by Gasteiger charge is -2.25. The van der Waals surface area contributed by atoms with E-state index in [1.165, 1.54) is 0 Å². The molecule has 7 heteroatoms. The van der Waals surface area contributed by atoms with E-state index in [9.17, 15) is 18.0 Å². The number of rotatable bonds is 3. The third kappa shape index (κ3) is 2.85. The summed E-state index contributed by atoms with van der Waals surface area (Å²) in [6.45, 7) is 1.46. The number of nitrogens with two attached hydrogens (primary N) is 1. The lowest BCUT2D eigenvalue weighted by molar-refractivity contribution is -0.202. The van der Waals surface area contributed by atoms with Crippen molar-refractivity contribution in [2.45, 2.75) is 25.1 Å². The minimum atomic E-state index is -4.81. The van der Waals surface area contributed by atoms with Gasteiger partial charge in [-0.25, -0.2) is 4.79 Å². The third-order valence-corrected chi connectivity index (χ3v) is 2.49. The molecular formula is C9H14F3NO3. The van der Waals surface area contributed by atoms with Crippen LogP contribution in [0.2, 0.25) is 0 Å². The van der Waals surface area contributed by atoms with Gasteiger partial charge in [-0.1, -0.05) is 0 Å². The van der Waals surface area contributed by atoms with Crippen molar-refractivity contribution in [3.63, 3.8) is 0 Å². The van der Waals surface area contributed by atoms with E-state index in [2.05, 4.69) is 4.74 Å². The van der Waals surface area contributed by atoms with Crippen molar-refractivity contribution in [3.8, 4) is 0 Å². The molecule has 0 saturated carbocycles. The minimum Gasteiger partial charge on any atom is -0.464 e. The summed E-state index contributed by atoms with van der Waals surface area (Å²) >= 11 is 0. The van der Waals surface area contributed by atoms with Gasteiger partial charge in [0.25, 0.3) is 0 Å². The number of carbonyl (C=O) groups excluding carboxylic acids is 1. The molecule has 0 spiro atoms. The summed E-state index contributed by atoms with van der Waals surface area (Å²) in [7, 11) is 0. The minimum absolute atomic E-state index is 0.0343. The maximum Gasteiger partial charge on any atom is 0.416 e. The van der Waals surface area contributed by atoms with Crippen molar-refractivity contribution < 1.29 is 27.4 Å². The molecule has 1 saturated heterocycles. The van der Waals surface area contributed by atoms with E-state index in [-0.39, 0.29) is 12.5 Å². The number of hydrogen-bond donors (Lipinski definition) is 1. The molecule has 1 fully saturated rings. The predicted molar refractivity (Wildman–Crippen MR) is 48.5 cm³/mol. The highest BCUT2D eigenvalue weighted by molar-refractivity contribution is 5.81. The molecule has 0 bridgehead atoms. The smallest absolute Gasteiger partial charge is 0.416 e. The monoisotopic (exact) mass is 241 g/mol. The quantitative estimate of drug-likeness (QED) is 0.744. The first-order chi connectivity index (χ1) is 7.25. The van der Waals surface area contributed by atoms with E-state index in [4.69, 9.17) is 10.5 Å². The van der Waals surface area contributed by atoms with E-state index in [1.54, 1.807) is 0 Å². The maximum absolute atomic E-state index is 12.3. The van der Waals surface area contributed by atoms with Gasteiger partial charge in [-0.05, 0) is 13.3 Å². The molecule has 0 aliphatic carbocycles. The first-order valence-corrected chi connectivity index (χ1v) is 4.85. The standard InChI is InChI=1S/C9H14F3NO3/c1-8(13,9(10,11)12)7(14)16-5-6-2-3-15-4-6/h6H,2-5,13H2,1H3. The van der Waals surface area contributed by atoms with Crippen LogP contribution in [-0.4, -0.2) is 37.5 Å². The highest BCUT2D eigenvalue weighted by atomic mass is 19.4. The lowest BCUT2D eigenvalue weighted by Crippen LogP contribution is -2.58. The van der Waals surface area contributed by atoms with E-state index in [1.807, 2.05) is 0 Å². The first-order valence-electron chi connectivity index (χ1n) is 4.85. The number of alkyl halides is 3. The van der Waals surface area contributed by atoms with Crippen molar-refractivity contribution in [1.29, 1.82) is 0 Å². The third-order valence-electron chi connectivity index (χ3n) is 2.49. The number of carbonyl (C=O) groups is 1. The zero-order valence-electron chi connectivity index (χ0n) is 8.84. The highest BCUT2D eigenvalue weighted by Gasteiger charge is 2.55. The highest BCUT2D eigenvalue weighted by Crippen LogP contribution is 2.29. The van der Waals surface area contributed by atoms with E-state index in [0.29, 0.717) is 26.6 Å². The number of halogens is 3. The average molecular weight is 241 g/mol. The lowest BCUT2D eigenvalue weighted by atomic mass is 10.0. The van der Waals surface area contributed by atoms with Crippen molar-refractivity contribution in [1.82, 2.24) is 0 Å². The average Bonchev–Trinajstić information content (AvgIpc) is 2.64. The number of hydrogen-bond acceptors (Lipinski definition) is 4. The number of esters is 1. The molecule has 1 aliphatic rings. The molecule has 16 heavy (non-hydrogen) atoms. The Kier molecular flexibility index (Phi) is 3.80. The van der Waals surface area contributed by atoms with E-state index >= 15 is 0 Å². The van der Waals surface area contributed by atoms with Crippen molar-refractivity contribution in [2.75, 3.05) is 19.8 Å². The fourth-order valence-corrected chi connectivity index (χ4v) is 1.17. The second-order valence-corrected chi connectivity index (χ2v) is 4.03. The zero-order valence-corrected chi connectivity index (χ0v) is 8.84. The van der Waals surface area contributed by atoms with Crippen molar-refractivity contribution >= 4 is 5.97 Å². The molecule has 0 radical (unpaired) electrons. The Hall–Kier alpha value is -0.820. The first kappa shape index (κ1) is 13.2. The molecule has 94 valence electrons. The molecule has 2 N–H and O–H groups in total. The molecule has 0 aromatic carbocycles. The van der Waals surface area contributed by atoms with Crippen LogP contribution >= 0.6 is 0 Å². The van der Waals surface area contributed by atoms with E-state index in [0.717, 1.165) is 0 Å². The van der Waals surface area contributed by atoms with Gasteiger partial charge in [-0.2, -0.15) is 13.2 Å². The van der Waals surface area contributed by atoms with E-state index < -0.39 is 17.7 Å². The molecule has 2 atom stereocenters. The SMILES string of the molecule is CC(N)(C(=O)OCC1CCOC1)C(F)(F)F. The molecule has 1 heterocycles. The Balaban J connectivity index is 2.45. The summed E-state index contributed by atoms with van der Waals surface area (Å²) in [6, 6.07) is 0. The van der Waals surface area contributed by atoms with Gasteiger partial charge in [-0.15, -0.1) is 0 Å². The van der Waals surface area contributed by atoms with Crippen LogP contribution in [0.15, 0.2) is 0 Å². The van der Waals surface area contributed by atoms with Gasteiger partial charge in [0.05, 0.1) is 13.2 Å². The zero-order chi connectivity index (χ0) is 12.4. The molecule has 0 aromatic rings. The summed E-state index contributed by atoms with van der Waals surface area (Å²) in [5.41, 5.74) is 1.94. The molecular weight excluding hydrogens is 227 g/mol. The molecule has 0 aromatic heterocycles. The second-order valence-electron chi connectivity index (χ2n) is 4.03. The Labute approximate surface area is 90.9 Å². The summed E-state index contributed by atoms with van der Waals surface area (Å²) in [4.78, 5) is 11.2. The van der Waals surface area contributed by atoms with Gasteiger partial charge < -0.3 is 15.2 Å². The molecule has 4 nitrogen and oxygen atoms in total. The summed E-state index contributed by atoms with van der Waals surface area (Å²) < 4.78 is 46.6. The molecule has 2 unspecified atom stereocenters. The van der Waals surface area contributed by atoms with Crippen molar-refractivity contribution in [3.05, 3.63) is 0 Å². The van der Waals surface area contributed by atoms with Gasteiger partial charge in [0.1, 0.15) is 0 Å². The normalized spacial score (nSPS) is 25.2. The summed E-state index contributed by atoms with van der Waals surface area (Å²) in [6.07, 6.45) is -4.13. The fourth-order valence-electron chi connectivity index (χ4n) is 1.17. The van der Waals surface area contributed by atoms with Crippen LogP contribution in [0.3, 0.4) is 0 Å². The van der Waals surface area contributed by atoms with Crippen LogP contribution in [-0.2, 0) is 14.3 Å². The van der Waals surface area contributed by atoms with Gasteiger partial charge in [0.2, 0.25) is 5.54 Å². The molecule has 0 amide bonds. The second kappa shape index (κ2) is 4.58. The molecule has 1 aliphatic heterocycles. The Morgan fingerprint density at radius 2 is 2.19 bits per heavy atom. The van der Waals surface area contributed by atoms with Gasteiger partial charge in [0, 0.05) is 12.5 Å². The van der Waals surface area contributed by atoms with Crippen LogP contribution in [0, 0.1) is 5.92 Å². The largest absolute Gasteiger partial charge is 0.464 e. The molecule has 1 rings (SSSR count). The van der Waals surface area contributed by atoms with Crippen LogP contribution in [0.5, 0.6) is 0 Å². The Morgan fingerprint density at radius 1 is 1.56 bits per heavy atom. The van der Waals surface area contributed by atoms with Crippen LogP contribution in [0.4, 0.5) is 13.2 Å². The van der Waals surface area contributed by atoms with Gasteiger partial charge >= 0.3 is 12.1 Å². The van der Waals surface area contributed by atoms with Gasteiger partial charge in [0.15, 0.2) is 0 Å². The topological polar surface area (TPSA) is 61.6 Å². The summed E-state index contributed by atoms with van der Waals surface area (Å²) in [5.74, 6) is -1.49.